The molecule has 0 amide bonds. The fraction of sp³-hybridized carbons (Fsp3) is 0.500. The SMILES string of the molecule is CCCN(CC#Cc1ccccc1C)CCC. The quantitative estimate of drug-likeness (QED) is 0.699. The highest BCUT2D eigenvalue weighted by Crippen LogP contribution is 2.04. The lowest BCUT2D eigenvalue weighted by Crippen LogP contribution is -2.25. The van der Waals surface area contributed by atoms with Crippen molar-refractivity contribution >= 4 is 0 Å². The molecule has 1 aromatic carbocycles. The first-order valence-corrected chi connectivity index (χ1v) is 6.54. The molecule has 1 aromatic rings. The van der Waals surface area contributed by atoms with E-state index in [2.05, 4.69) is 55.7 Å². The lowest BCUT2D eigenvalue weighted by Gasteiger charge is -2.17. The molecular weight excluding hydrogens is 206 g/mol. The van der Waals surface area contributed by atoms with E-state index in [-0.39, 0.29) is 0 Å². The Balaban J connectivity index is 2.57. The fourth-order valence-electron chi connectivity index (χ4n) is 1.86. The molecule has 0 spiro atoms. The van der Waals surface area contributed by atoms with E-state index in [1.54, 1.807) is 0 Å². The third kappa shape index (κ3) is 5.06. The Bertz CT molecular complexity index is 378. The van der Waals surface area contributed by atoms with Crippen molar-refractivity contribution in [3.05, 3.63) is 35.4 Å². The molecule has 0 saturated carbocycles. The van der Waals surface area contributed by atoms with Crippen LogP contribution in [-0.2, 0) is 0 Å². The van der Waals surface area contributed by atoms with E-state index in [0.717, 1.165) is 25.2 Å². The van der Waals surface area contributed by atoms with Gasteiger partial charge in [-0.25, -0.2) is 0 Å². The van der Waals surface area contributed by atoms with E-state index in [1.807, 2.05) is 6.07 Å². The van der Waals surface area contributed by atoms with Gasteiger partial charge in [-0.15, -0.1) is 0 Å². The van der Waals surface area contributed by atoms with Crippen molar-refractivity contribution in [2.24, 2.45) is 0 Å². The molecule has 1 heteroatoms. The molecule has 0 aromatic heterocycles. The molecule has 0 N–H and O–H groups in total. The maximum Gasteiger partial charge on any atom is 0.0605 e. The molecule has 0 unspecified atom stereocenters. The van der Waals surface area contributed by atoms with Crippen molar-refractivity contribution in [2.75, 3.05) is 19.6 Å². The van der Waals surface area contributed by atoms with Crippen LogP contribution in [0.2, 0.25) is 0 Å². The van der Waals surface area contributed by atoms with Crippen molar-refractivity contribution < 1.29 is 0 Å². The standard InChI is InChI=1S/C16H23N/c1-4-12-17(13-5-2)14-8-11-16-10-7-6-9-15(16)3/h6-7,9-10H,4-5,12-14H2,1-3H3. The normalized spacial score (nSPS) is 10.1. The first-order chi connectivity index (χ1) is 8.27. The van der Waals surface area contributed by atoms with Crippen molar-refractivity contribution in [3.8, 4) is 11.8 Å². The van der Waals surface area contributed by atoms with Gasteiger partial charge in [0.05, 0.1) is 6.54 Å². The molecule has 0 aliphatic rings. The lowest BCUT2D eigenvalue weighted by atomic mass is 10.1. The second-order valence-corrected chi connectivity index (χ2v) is 4.39. The summed E-state index contributed by atoms with van der Waals surface area (Å²) < 4.78 is 0. The predicted molar refractivity (Wildman–Crippen MR) is 75.1 cm³/mol. The summed E-state index contributed by atoms with van der Waals surface area (Å²) in [7, 11) is 0. The minimum absolute atomic E-state index is 0.885. The highest BCUT2D eigenvalue weighted by molar-refractivity contribution is 5.40. The summed E-state index contributed by atoms with van der Waals surface area (Å²) in [6, 6.07) is 8.31. The summed E-state index contributed by atoms with van der Waals surface area (Å²) in [5.74, 6) is 6.56. The summed E-state index contributed by atoms with van der Waals surface area (Å²) in [5.41, 5.74) is 2.41. The van der Waals surface area contributed by atoms with Gasteiger partial charge in [0.1, 0.15) is 0 Å². The first-order valence-electron chi connectivity index (χ1n) is 6.54. The first kappa shape index (κ1) is 13.8. The van der Waals surface area contributed by atoms with Gasteiger partial charge < -0.3 is 0 Å². The van der Waals surface area contributed by atoms with Gasteiger partial charge in [-0.2, -0.15) is 0 Å². The van der Waals surface area contributed by atoms with Crippen LogP contribution in [0.1, 0.15) is 37.8 Å². The van der Waals surface area contributed by atoms with Crippen LogP contribution in [0.5, 0.6) is 0 Å². The van der Waals surface area contributed by atoms with Gasteiger partial charge in [0, 0.05) is 5.56 Å². The Morgan fingerprint density at radius 2 is 1.71 bits per heavy atom. The Kier molecular flexibility index (Phi) is 6.43. The van der Waals surface area contributed by atoms with E-state index in [4.69, 9.17) is 0 Å². The molecule has 0 bridgehead atoms. The third-order valence-electron chi connectivity index (χ3n) is 2.75. The average molecular weight is 229 g/mol. The monoisotopic (exact) mass is 229 g/mol. The van der Waals surface area contributed by atoms with E-state index < -0.39 is 0 Å². The van der Waals surface area contributed by atoms with Crippen LogP contribution in [0, 0.1) is 18.8 Å². The largest absolute Gasteiger partial charge is 0.292 e. The lowest BCUT2D eigenvalue weighted by molar-refractivity contribution is 0.308. The predicted octanol–water partition coefficient (Wildman–Crippen LogP) is 3.47. The van der Waals surface area contributed by atoms with Crippen LogP contribution in [-0.4, -0.2) is 24.5 Å². The number of hydrogen-bond donors (Lipinski definition) is 0. The Hall–Kier alpha value is -1.26. The number of aryl methyl sites for hydroxylation is 1. The molecule has 1 nitrogen and oxygen atoms in total. The van der Waals surface area contributed by atoms with E-state index in [1.165, 1.54) is 18.4 Å². The minimum atomic E-state index is 0.885. The van der Waals surface area contributed by atoms with Crippen LogP contribution in [0.15, 0.2) is 24.3 Å². The van der Waals surface area contributed by atoms with Crippen molar-refractivity contribution in [1.82, 2.24) is 4.90 Å². The second-order valence-electron chi connectivity index (χ2n) is 4.39. The zero-order valence-corrected chi connectivity index (χ0v) is 11.3. The zero-order valence-electron chi connectivity index (χ0n) is 11.3. The van der Waals surface area contributed by atoms with Crippen LogP contribution in [0.4, 0.5) is 0 Å². The topological polar surface area (TPSA) is 3.24 Å². The summed E-state index contributed by atoms with van der Waals surface area (Å²) >= 11 is 0. The molecule has 92 valence electrons. The molecule has 1 rings (SSSR count). The molecular formula is C16H23N. The molecule has 0 aliphatic carbocycles. The Morgan fingerprint density at radius 1 is 1.06 bits per heavy atom. The molecule has 0 saturated heterocycles. The van der Waals surface area contributed by atoms with Crippen LogP contribution in [0.25, 0.3) is 0 Å². The van der Waals surface area contributed by atoms with Gasteiger partial charge in [0.25, 0.3) is 0 Å². The molecule has 0 atom stereocenters. The van der Waals surface area contributed by atoms with E-state index in [0.29, 0.717) is 0 Å². The van der Waals surface area contributed by atoms with E-state index in [9.17, 15) is 0 Å². The van der Waals surface area contributed by atoms with Crippen molar-refractivity contribution in [2.45, 2.75) is 33.6 Å². The number of hydrogen-bond acceptors (Lipinski definition) is 1. The minimum Gasteiger partial charge on any atom is -0.292 e. The third-order valence-corrected chi connectivity index (χ3v) is 2.75. The van der Waals surface area contributed by atoms with Crippen LogP contribution < -0.4 is 0 Å². The van der Waals surface area contributed by atoms with Crippen LogP contribution in [0.3, 0.4) is 0 Å². The molecule has 0 aliphatic heterocycles. The van der Waals surface area contributed by atoms with Gasteiger partial charge in [0.15, 0.2) is 0 Å². The van der Waals surface area contributed by atoms with E-state index >= 15 is 0 Å². The Labute approximate surface area is 106 Å². The maximum absolute atomic E-state index is 3.29. The van der Waals surface area contributed by atoms with Gasteiger partial charge in [-0.3, -0.25) is 4.90 Å². The zero-order chi connectivity index (χ0) is 12.5. The van der Waals surface area contributed by atoms with Gasteiger partial charge in [-0.05, 0) is 44.5 Å². The summed E-state index contributed by atoms with van der Waals surface area (Å²) in [6.45, 7) is 9.73. The van der Waals surface area contributed by atoms with Crippen LogP contribution >= 0.6 is 0 Å². The van der Waals surface area contributed by atoms with Gasteiger partial charge >= 0.3 is 0 Å². The highest BCUT2D eigenvalue weighted by atomic mass is 15.1. The second kappa shape index (κ2) is 7.92. The van der Waals surface area contributed by atoms with Gasteiger partial charge in [0.2, 0.25) is 0 Å². The maximum atomic E-state index is 3.29. The number of nitrogens with zero attached hydrogens (tertiary/aromatic N) is 1. The molecule has 0 fully saturated rings. The molecule has 0 radical (unpaired) electrons. The average Bonchev–Trinajstić information content (AvgIpc) is 2.32. The fourth-order valence-corrected chi connectivity index (χ4v) is 1.86. The van der Waals surface area contributed by atoms with Gasteiger partial charge in [-0.1, -0.05) is 43.9 Å². The summed E-state index contributed by atoms with van der Waals surface area (Å²) in [4.78, 5) is 2.42. The summed E-state index contributed by atoms with van der Waals surface area (Å²) in [5, 5.41) is 0. The number of rotatable bonds is 5. The number of benzene rings is 1. The Morgan fingerprint density at radius 3 is 2.29 bits per heavy atom. The summed E-state index contributed by atoms with van der Waals surface area (Å²) in [6.07, 6.45) is 2.40. The smallest absolute Gasteiger partial charge is 0.0605 e. The highest BCUT2D eigenvalue weighted by Gasteiger charge is 1.98. The molecule has 17 heavy (non-hydrogen) atoms. The van der Waals surface area contributed by atoms with Crippen molar-refractivity contribution in [1.29, 1.82) is 0 Å². The van der Waals surface area contributed by atoms with Crippen molar-refractivity contribution in [3.63, 3.8) is 0 Å². The molecule has 0 heterocycles.